The van der Waals surface area contributed by atoms with Crippen LogP contribution in [-0.2, 0) is 6.42 Å². The van der Waals surface area contributed by atoms with Gasteiger partial charge in [-0.3, -0.25) is 0 Å². The van der Waals surface area contributed by atoms with Crippen molar-refractivity contribution in [2.75, 3.05) is 0 Å². The van der Waals surface area contributed by atoms with Gasteiger partial charge < -0.3 is 8.84 Å². The van der Waals surface area contributed by atoms with E-state index in [1.54, 1.807) is 16.7 Å². The van der Waals surface area contributed by atoms with E-state index in [-0.39, 0.29) is 0 Å². The first-order valence-corrected chi connectivity index (χ1v) is 17.2. The first kappa shape index (κ1) is 31.7. The van der Waals surface area contributed by atoms with Crippen molar-refractivity contribution >= 4 is 8.32 Å². The lowest BCUT2D eigenvalue weighted by Gasteiger charge is -2.41. The van der Waals surface area contributed by atoms with Crippen molar-refractivity contribution in [2.24, 2.45) is 5.41 Å². The summed E-state index contributed by atoms with van der Waals surface area (Å²) in [5.74, 6) is 0.724. The fourth-order valence-corrected chi connectivity index (χ4v) is 12.0. The average molecular weight is 527 g/mol. The van der Waals surface area contributed by atoms with Gasteiger partial charge in [0, 0.05) is 6.07 Å². The number of hydrogen-bond acceptors (Lipinski definition) is 2. The molecule has 0 amide bonds. The summed E-state index contributed by atoms with van der Waals surface area (Å²) in [5, 5.41) is 0. The van der Waals surface area contributed by atoms with Crippen molar-refractivity contribution in [1.82, 2.24) is 0 Å². The summed E-state index contributed by atoms with van der Waals surface area (Å²) in [4.78, 5) is 0. The molecule has 0 unspecified atom stereocenters. The zero-order valence-corrected chi connectivity index (χ0v) is 27.2. The summed E-state index contributed by atoms with van der Waals surface area (Å²) in [5.41, 5.74) is 9.68. The summed E-state index contributed by atoms with van der Waals surface area (Å²) in [6.45, 7) is 25.7. The maximum atomic E-state index is 6.69. The molecule has 0 radical (unpaired) electrons. The van der Waals surface area contributed by atoms with Crippen LogP contribution in [0, 0.1) is 5.41 Å². The van der Waals surface area contributed by atoms with Gasteiger partial charge >= 0.3 is 0 Å². The minimum Gasteiger partial charge on any atom is -0.518 e. The van der Waals surface area contributed by atoms with Crippen LogP contribution in [0.5, 0.6) is 5.95 Å². The molecule has 0 fully saturated rings. The molecule has 3 heteroatoms. The van der Waals surface area contributed by atoms with Crippen molar-refractivity contribution in [2.45, 2.75) is 151 Å². The quantitative estimate of drug-likeness (QED) is 0.178. The lowest BCUT2D eigenvalue weighted by Crippen LogP contribution is -2.50. The van der Waals surface area contributed by atoms with Crippen LogP contribution in [0.15, 0.2) is 51.2 Å². The number of aryl methyl sites for hydroxylation is 1. The highest BCUT2D eigenvalue weighted by atomic mass is 28.4. The lowest BCUT2D eigenvalue weighted by molar-refractivity contribution is 0.354. The molecular formula is C34H58O2Si. The number of furan rings is 1. The molecule has 0 N–H and O–H groups in total. The van der Waals surface area contributed by atoms with E-state index in [0.29, 0.717) is 22.0 Å². The Hall–Kier alpha value is -1.48. The molecule has 1 heterocycles. The molecule has 210 valence electrons. The van der Waals surface area contributed by atoms with Gasteiger partial charge in [-0.15, -0.1) is 0 Å². The molecule has 0 aliphatic heterocycles. The molecule has 0 saturated carbocycles. The van der Waals surface area contributed by atoms with E-state index in [0.717, 1.165) is 31.6 Å². The third-order valence-electron chi connectivity index (χ3n) is 9.03. The Bertz CT molecular complexity index is 917. The van der Waals surface area contributed by atoms with Crippen LogP contribution in [0.25, 0.3) is 0 Å². The molecule has 0 bridgehead atoms. The van der Waals surface area contributed by atoms with E-state index in [2.05, 4.69) is 94.4 Å². The highest BCUT2D eigenvalue weighted by Crippen LogP contribution is 2.44. The summed E-state index contributed by atoms with van der Waals surface area (Å²) in [6, 6.07) is 2.13. The smallest absolute Gasteiger partial charge is 0.270 e. The number of hydrogen-bond donors (Lipinski definition) is 0. The molecule has 37 heavy (non-hydrogen) atoms. The van der Waals surface area contributed by atoms with Crippen molar-refractivity contribution in [3.8, 4) is 5.95 Å². The highest BCUT2D eigenvalue weighted by Gasteiger charge is 2.47. The normalized spacial score (nSPS) is 17.5. The zero-order valence-electron chi connectivity index (χ0n) is 26.2. The second-order valence-electron chi connectivity index (χ2n) is 13.4. The van der Waals surface area contributed by atoms with E-state index in [4.69, 9.17) is 8.84 Å². The number of rotatable bonds is 14. The maximum Gasteiger partial charge on any atom is 0.270 e. The standard InChI is InChI=1S/C34H58O2Si/c1-25(2)37(26(3)4,27(5)6)36-33-23-31(24-35-33)19-13-17-28(7)15-12-16-29(8)20-21-32-30(9)18-14-22-34(32,10)11/h16-17,23-27H,12-15,18-22H2,1-11H3/b28-17+,29-16+. The topological polar surface area (TPSA) is 22.4 Å². The van der Waals surface area contributed by atoms with Gasteiger partial charge in [-0.05, 0) is 106 Å². The predicted octanol–water partition coefficient (Wildman–Crippen LogP) is 11.7. The van der Waals surface area contributed by atoms with Crippen LogP contribution < -0.4 is 4.43 Å². The van der Waals surface area contributed by atoms with Gasteiger partial charge in [0.2, 0.25) is 0 Å². The minimum absolute atomic E-state index is 0.395. The third kappa shape index (κ3) is 8.77. The largest absolute Gasteiger partial charge is 0.518 e. The van der Waals surface area contributed by atoms with Crippen LogP contribution in [0.1, 0.15) is 133 Å². The predicted molar refractivity (Wildman–Crippen MR) is 165 cm³/mol. The van der Waals surface area contributed by atoms with Crippen LogP contribution >= 0.6 is 0 Å². The maximum absolute atomic E-state index is 6.69. The highest BCUT2D eigenvalue weighted by molar-refractivity contribution is 6.78. The molecule has 1 aromatic rings. The van der Waals surface area contributed by atoms with Crippen molar-refractivity contribution < 1.29 is 8.84 Å². The molecule has 0 spiro atoms. The zero-order chi connectivity index (χ0) is 27.8. The Morgan fingerprint density at radius 2 is 1.54 bits per heavy atom. The monoisotopic (exact) mass is 526 g/mol. The lowest BCUT2D eigenvalue weighted by atomic mass is 9.71. The second-order valence-corrected chi connectivity index (χ2v) is 18.7. The van der Waals surface area contributed by atoms with Gasteiger partial charge in [-0.2, -0.15) is 0 Å². The van der Waals surface area contributed by atoms with Gasteiger partial charge in [0.1, 0.15) is 0 Å². The van der Waals surface area contributed by atoms with Gasteiger partial charge in [-0.25, -0.2) is 0 Å². The Kier molecular flexibility index (Phi) is 12.1. The van der Waals surface area contributed by atoms with E-state index in [1.165, 1.54) is 43.2 Å². The van der Waals surface area contributed by atoms with Crippen LogP contribution in [0.3, 0.4) is 0 Å². The SMILES string of the molecule is CC1=C(CC/C(C)=C/CC/C(C)=C/CCc2coc(O[Si](C(C)C)(C(C)C)C(C)C)c2)C(C)(C)CCC1. The van der Waals surface area contributed by atoms with Gasteiger partial charge in [0.05, 0.1) is 6.26 Å². The van der Waals surface area contributed by atoms with Gasteiger partial charge in [-0.1, -0.05) is 89.8 Å². The van der Waals surface area contributed by atoms with E-state index in [1.807, 2.05) is 6.26 Å². The molecule has 1 aliphatic rings. The van der Waals surface area contributed by atoms with E-state index in [9.17, 15) is 0 Å². The fraction of sp³-hybridized carbons (Fsp3) is 0.706. The Morgan fingerprint density at radius 3 is 2.14 bits per heavy atom. The van der Waals surface area contributed by atoms with Gasteiger partial charge in [0.25, 0.3) is 14.3 Å². The number of allylic oxidation sites excluding steroid dienone is 6. The van der Waals surface area contributed by atoms with Crippen LogP contribution in [0.2, 0.25) is 16.6 Å². The van der Waals surface area contributed by atoms with Crippen LogP contribution in [0.4, 0.5) is 0 Å². The van der Waals surface area contributed by atoms with E-state index >= 15 is 0 Å². The first-order chi connectivity index (χ1) is 17.3. The second kappa shape index (κ2) is 14.1. The molecule has 0 aromatic carbocycles. The van der Waals surface area contributed by atoms with Crippen molar-refractivity contribution in [3.63, 3.8) is 0 Å². The first-order valence-electron chi connectivity index (χ1n) is 15.1. The summed E-state index contributed by atoms with van der Waals surface area (Å²) in [7, 11) is -1.97. The molecule has 1 aliphatic carbocycles. The third-order valence-corrected chi connectivity index (χ3v) is 15.0. The summed E-state index contributed by atoms with van der Waals surface area (Å²) >= 11 is 0. The molecule has 1 aromatic heterocycles. The molecular weight excluding hydrogens is 468 g/mol. The Labute approximate surface area is 231 Å². The minimum atomic E-state index is -1.97. The van der Waals surface area contributed by atoms with Crippen molar-refractivity contribution in [3.05, 3.63) is 52.3 Å². The fourth-order valence-electron chi connectivity index (χ4n) is 6.85. The Morgan fingerprint density at radius 1 is 0.946 bits per heavy atom. The summed E-state index contributed by atoms with van der Waals surface area (Å²) < 4.78 is 12.6. The van der Waals surface area contributed by atoms with Crippen LogP contribution in [-0.4, -0.2) is 8.32 Å². The molecule has 0 atom stereocenters. The molecule has 0 saturated heterocycles. The Balaban J connectivity index is 1.82. The van der Waals surface area contributed by atoms with Gasteiger partial charge in [0.15, 0.2) is 0 Å². The molecule has 2 nitrogen and oxygen atoms in total. The van der Waals surface area contributed by atoms with Crippen molar-refractivity contribution in [1.29, 1.82) is 0 Å². The summed E-state index contributed by atoms with van der Waals surface area (Å²) in [6.07, 6.45) is 17.6. The average Bonchev–Trinajstić information content (AvgIpc) is 3.23. The molecule has 2 rings (SSSR count). The van der Waals surface area contributed by atoms with E-state index < -0.39 is 8.32 Å².